The normalized spacial score (nSPS) is 18.1. The summed E-state index contributed by atoms with van der Waals surface area (Å²) in [5.41, 5.74) is 0.286. The van der Waals surface area contributed by atoms with E-state index in [9.17, 15) is 13.9 Å². The first-order valence-corrected chi connectivity index (χ1v) is 6.75. The summed E-state index contributed by atoms with van der Waals surface area (Å²) in [6.07, 6.45) is 0. The highest BCUT2D eigenvalue weighted by Crippen LogP contribution is 2.38. The Kier molecular flexibility index (Phi) is 6.62. The Hall–Kier alpha value is -0.660. The van der Waals surface area contributed by atoms with Crippen LogP contribution in [0.4, 0.5) is 8.78 Å². The van der Waals surface area contributed by atoms with Crippen molar-refractivity contribution in [2.45, 2.75) is 12.0 Å². The molecule has 0 saturated carbocycles. The fourth-order valence-electron chi connectivity index (χ4n) is 2.44. The minimum atomic E-state index is -3.28. The van der Waals surface area contributed by atoms with Crippen molar-refractivity contribution >= 4 is 24.0 Å². The van der Waals surface area contributed by atoms with Gasteiger partial charge in [-0.15, -0.1) is 12.4 Å². The van der Waals surface area contributed by atoms with Crippen LogP contribution in [0, 0.1) is 0 Å². The first-order chi connectivity index (χ1) is 9.45. The van der Waals surface area contributed by atoms with Crippen LogP contribution in [-0.4, -0.2) is 53.8 Å². The van der Waals surface area contributed by atoms with Gasteiger partial charge in [-0.2, -0.15) is 0 Å². The summed E-state index contributed by atoms with van der Waals surface area (Å²) in [4.78, 5) is 1.62. The molecule has 0 spiro atoms. The summed E-state index contributed by atoms with van der Waals surface area (Å²) in [7, 11) is 0. The molecule has 8 heteroatoms. The molecule has 2 rings (SSSR count). The molecular weight excluding hydrogens is 325 g/mol. The van der Waals surface area contributed by atoms with Gasteiger partial charge in [-0.3, -0.25) is 4.90 Å². The van der Waals surface area contributed by atoms with Crippen molar-refractivity contribution in [2.75, 3.05) is 32.8 Å². The molecule has 3 N–H and O–H groups in total. The Balaban J connectivity index is 0.00000220. The van der Waals surface area contributed by atoms with Gasteiger partial charge in [0.25, 0.3) is 5.92 Å². The summed E-state index contributed by atoms with van der Waals surface area (Å²) in [6, 6.07) is 2.78. The summed E-state index contributed by atoms with van der Waals surface area (Å²) in [6.45, 7) is 0.908. The van der Waals surface area contributed by atoms with Crippen LogP contribution in [0.1, 0.15) is 11.6 Å². The van der Waals surface area contributed by atoms with Crippen LogP contribution >= 0.6 is 24.0 Å². The second-order valence-electron chi connectivity index (χ2n) is 4.82. The predicted octanol–water partition coefficient (Wildman–Crippen LogP) is 2.04. The van der Waals surface area contributed by atoms with Crippen molar-refractivity contribution in [1.82, 2.24) is 10.2 Å². The molecule has 1 saturated heterocycles. The molecule has 0 unspecified atom stereocenters. The number of hydrogen-bond acceptors (Lipinski definition) is 4. The maximum absolute atomic E-state index is 14.1. The molecule has 0 bridgehead atoms. The van der Waals surface area contributed by atoms with Crippen molar-refractivity contribution in [1.29, 1.82) is 0 Å². The first-order valence-electron chi connectivity index (χ1n) is 6.37. The third kappa shape index (κ3) is 4.17. The smallest absolute Gasteiger partial charge is 0.289 e. The van der Waals surface area contributed by atoms with Crippen molar-refractivity contribution in [2.24, 2.45) is 0 Å². The number of aliphatic hydroxyl groups is 1. The third-order valence-corrected chi connectivity index (χ3v) is 3.72. The predicted molar refractivity (Wildman–Crippen MR) is 79.6 cm³/mol. The van der Waals surface area contributed by atoms with Crippen LogP contribution < -0.4 is 5.32 Å². The average Bonchev–Trinajstić information content (AvgIpc) is 2.44. The van der Waals surface area contributed by atoms with E-state index in [1.165, 1.54) is 18.2 Å². The van der Waals surface area contributed by atoms with Gasteiger partial charge in [-0.05, 0) is 17.7 Å². The van der Waals surface area contributed by atoms with Gasteiger partial charge in [0.2, 0.25) is 0 Å². The van der Waals surface area contributed by atoms with Crippen molar-refractivity contribution in [3.05, 3.63) is 28.8 Å². The number of halogens is 4. The number of nitrogens with zero attached hydrogens (tertiary/aromatic N) is 1. The molecule has 1 atom stereocenters. The van der Waals surface area contributed by atoms with E-state index >= 15 is 0 Å². The van der Waals surface area contributed by atoms with Crippen molar-refractivity contribution in [3.8, 4) is 5.75 Å². The molecule has 1 heterocycles. The summed E-state index contributed by atoms with van der Waals surface area (Å²) < 4.78 is 28.2. The number of rotatable bonds is 4. The Labute approximate surface area is 133 Å². The summed E-state index contributed by atoms with van der Waals surface area (Å²) in [5, 5.41) is 21.5. The number of piperazine rings is 1. The lowest BCUT2D eigenvalue weighted by atomic mass is 9.98. The SMILES string of the molecule is Cl.OCC(F)(F)[C@H](c1ccc(O)c(Cl)c1)N1CCNCC1. The van der Waals surface area contributed by atoms with Gasteiger partial charge >= 0.3 is 0 Å². The van der Waals surface area contributed by atoms with E-state index in [0.29, 0.717) is 26.2 Å². The molecule has 1 aliphatic rings. The maximum atomic E-state index is 14.1. The second-order valence-corrected chi connectivity index (χ2v) is 5.23. The number of phenols is 1. The van der Waals surface area contributed by atoms with E-state index in [-0.39, 0.29) is 28.7 Å². The van der Waals surface area contributed by atoms with Crippen LogP contribution in [0.15, 0.2) is 18.2 Å². The lowest BCUT2D eigenvalue weighted by molar-refractivity contribution is -0.118. The number of aromatic hydroxyl groups is 1. The Morgan fingerprint density at radius 3 is 2.48 bits per heavy atom. The summed E-state index contributed by atoms with van der Waals surface area (Å²) >= 11 is 5.80. The molecule has 120 valence electrons. The Bertz CT molecular complexity index is 471. The molecule has 0 radical (unpaired) electrons. The van der Waals surface area contributed by atoms with Crippen LogP contribution in [0.25, 0.3) is 0 Å². The van der Waals surface area contributed by atoms with Gasteiger partial charge < -0.3 is 15.5 Å². The number of hydrogen-bond donors (Lipinski definition) is 3. The molecular formula is C13H18Cl2F2N2O2. The molecule has 0 aromatic heterocycles. The standard InChI is InChI=1S/C13H17ClF2N2O2.ClH/c14-10-7-9(1-2-11(10)20)12(13(15,16)8-19)18-5-3-17-4-6-18;/h1-2,7,12,17,19-20H,3-6,8H2;1H/t12-;/m0./s1. The van der Waals surface area contributed by atoms with E-state index in [1.54, 1.807) is 4.90 Å². The van der Waals surface area contributed by atoms with Crippen molar-refractivity contribution < 1.29 is 19.0 Å². The zero-order valence-corrected chi connectivity index (χ0v) is 12.8. The zero-order valence-electron chi connectivity index (χ0n) is 11.2. The monoisotopic (exact) mass is 342 g/mol. The molecule has 1 aromatic rings. The van der Waals surface area contributed by atoms with Gasteiger partial charge in [0.15, 0.2) is 0 Å². The fraction of sp³-hybridized carbons (Fsp3) is 0.538. The number of benzene rings is 1. The average molecular weight is 343 g/mol. The van der Waals surface area contributed by atoms with Crippen LogP contribution in [0.2, 0.25) is 5.02 Å². The number of nitrogens with one attached hydrogen (secondary N) is 1. The largest absolute Gasteiger partial charge is 0.506 e. The van der Waals surface area contributed by atoms with E-state index in [0.717, 1.165) is 0 Å². The Morgan fingerprint density at radius 1 is 1.33 bits per heavy atom. The number of phenolic OH excluding ortho intramolecular Hbond substituents is 1. The van der Waals surface area contributed by atoms with Crippen LogP contribution in [-0.2, 0) is 0 Å². The summed E-state index contributed by atoms with van der Waals surface area (Å²) in [5.74, 6) is -3.43. The highest BCUT2D eigenvalue weighted by molar-refractivity contribution is 6.32. The van der Waals surface area contributed by atoms with Gasteiger partial charge in [0.1, 0.15) is 18.4 Å². The quantitative estimate of drug-likeness (QED) is 0.783. The van der Waals surface area contributed by atoms with E-state index in [2.05, 4.69) is 5.32 Å². The number of alkyl halides is 2. The number of aliphatic hydroxyl groups excluding tert-OH is 1. The van der Waals surface area contributed by atoms with Gasteiger partial charge in [0, 0.05) is 26.2 Å². The molecule has 4 nitrogen and oxygen atoms in total. The van der Waals surface area contributed by atoms with E-state index in [1.807, 2.05) is 0 Å². The minimum absolute atomic E-state index is 0. The van der Waals surface area contributed by atoms with Crippen molar-refractivity contribution in [3.63, 3.8) is 0 Å². The molecule has 1 aliphatic heterocycles. The molecule has 1 aromatic carbocycles. The molecule has 0 amide bonds. The second kappa shape index (κ2) is 7.56. The van der Waals surface area contributed by atoms with Crippen LogP contribution in [0.5, 0.6) is 5.75 Å². The molecule has 21 heavy (non-hydrogen) atoms. The van der Waals surface area contributed by atoms with Gasteiger partial charge in [-0.1, -0.05) is 17.7 Å². The lowest BCUT2D eigenvalue weighted by Gasteiger charge is -2.38. The highest BCUT2D eigenvalue weighted by atomic mass is 35.5. The molecule has 1 fully saturated rings. The van der Waals surface area contributed by atoms with Crippen LogP contribution in [0.3, 0.4) is 0 Å². The van der Waals surface area contributed by atoms with Gasteiger partial charge in [0.05, 0.1) is 5.02 Å². The van der Waals surface area contributed by atoms with E-state index in [4.69, 9.17) is 16.7 Å². The van der Waals surface area contributed by atoms with E-state index < -0.39 is 18.6 Å². The lowest BCUT2D eigenvalue weighted by Crippen LogP contribution is -2.51. The first kappa shape index (κ1) is 18.4. The topological polar surface area (TPSA) is 55.7 Å². The maximum Gasteiger partial charge on any atom is 0.289 e. The highest BCUT2D eigenvalue weighted by Gasteiger charge is 2.44. The minimum Gasteiger partial charge on any atom is -0.506 e. The zero-order chi connectivity index (χ0) is 14.8. The Morgan fingerprint density at radius 2 is 1.95 bits per heavy atom. The molecule has 0 aliphatic carbocycles. The third-order valence-electron chi connectivity index (χ3n) is 3.42. The van der Waals surface area contributed by atoms with Gasteiger partial charge in [-0.25, -0.2) is 8.78 Å². The fourth-order valence-corrected chi connectivity index (χ4v) is 2.63.